The van der Waals surface area contributed by atoms with E-state index in [0.717, 1.165) is 28.2 Å². The number of hydrogen-bond acceptors (Lipinski definition) is 5. The first kappa shape index (κ1) is 21.6. The molecule has 0 aliphatic heterocycles. The first-order chi connectivity index (χ1) is 16.8. The van der Waals surface area contributed by atoms with Gasteiger partial charge in [0.2, 0.25) is 0 Å². The second kappa shape index (κ2) is 10.1. The molecule has 0 unspecified atom stereocenters. The summed E-state index contributed by atoms with van der Waals surface area (Å²) < 4.78 is 7.57. The topological polar surface area (TPSA) is 69.0 Å². The Morgan fingerprint density at radius 3 is 2.38 bits per heavy atom. The third-order valence-electron chi connectivity index (χ3n) is 5.28. The predicted octanol–water partition coefficient (Wildman–Crippen LogP) is 5.50. The zero-order valence-corrected chi connectivity index (χ0v) is 19.1. The zero-order valence-electron chi connectivity index (χ0n) is 18.3. The van der Waals surface area contributed by atoms with Crippen molar-refractivity contribution in [2.45, 2.75) is 13.2 Å². The van der Waals surface area contributed by atoms with Gasteiger partial charge in [0.25, 0.3) is 5.91 Å². The molecule has 0 aliphatic rings. The molecule has 0 saturated carbocycles. The smallest absolute Gasteiger partial charge is 0.251 e. The highest BCUT2D eigenvalue weighted by molar-refractivity contribution is 7.07. The van der Waals surface area contributed by atoms with Gasteiger partial charge in [0.1, 0.15) is 12.4 Å². The number of nitrogens with one attached hydrogen (secondary N) is 1. The molecular weight excluding hydrogens is 444 g/mol. The number of benzene rings is 3. The molecule has 5 rings (SSSR count). The Morgan fingerprint density at radius 2 is 1.68 bits per heavy atom. The summed E-state index contributed by atoms with van der Waals surface area (Å²) in [5.41, 5.74) is 6.98. The lowest BCUT2D eigenvalue weighted by Gasteiger charge is -2.08. The number of rotatable bonds is 8. The minimum absolute atomic E-state index is 0.155. The van der Waals surface area contributed by atoms with Gasteiger partial charge in [-0.05, 0) is 36.4 Å². The normalized spacial score (nSPS) is 10.7. The number of para-hydroxylation sites is 1. The first-order valence-electron chi connectivity index (χ1n) is 10.8. The molecule has 0 spiro atoms. The Bertz CT molecular complexity index is 1350. The third kappa shape index (κ3) is 5.05. The molecule has 2 aromatic heterocycles. The van der Waals surface area contributed by atoms with Crippen molar-refractivity contribution in [2.24, 2.45) is 0 Å². The molecule has 0 bridgehead atoms. The van der Waals surface area contributed by atoms with Gasteiger partial charge >= 0.3 is 0 Å². The van der Waals surface area contributed by atoms with Crippen molar-refractivity contribution >= 4 is 17.2 Å². The van der Waals surface area contributed by atoms with Gasteiger partial charge in [-0.3, -0.25) is 4.79 Å². The molecule has 1 N–H and O–H groups in total. The van der Waals surface area contributed by atoms with Crippen molar-refractivity contribution in [3.63, 3.8) is 0 Å². The van der Waals surface area contributed by atoms with Crippen LogP contribution in [0.3, 0.4) is 0 Å². The summed E-state index contributed by atoms with van der Waals surface area (Å²) in [5, 5.41) is 9.77. The average Bonchev–Trinajstić information content (AvgIpc) is 3.58. The van der Waals surface area contributed by atoms with E-state index in [9.17, 15) is 4.79 Å². The van der Waals surface area contributed by atoms with E-state index in [1.165, 1.54) is 11.3 Å². The van der Waals surface area contributed by atoms with Gasteiger partial charge in [-0.15, -0.1) is 11.3 Å². The molecule has 168 valence electrons. The summed E-state index contributed by atoms with van der Waals surface area (Å²) in [5.74, 6) is 0.539. The Labute approximate surface area is 201 Å². The molecule has 3 aromatic carbocycles. The van der Waals surface area contributed by atoms with Gasteiger partial charge in [-0.1, -0.05) is 48.5 Å². The van der Waals surface area contributed by atoms with Crippen LogP contribution in [-0.4, -0.2) is 20.7 Å². The Balaban J connectivity index is 1.29. The minimum atomic E-state index is -0.155. The molecule has 6 nitrogen and oxygen atoms in total. The number of nitrogens with zero attached hydrogens (tertiary/aromatic N) is 3. The average molecular weight is 467 g/mol. The molecule has 7 heteroatoms. The van der Waals surface area contributed by atoms with E-state index in [1.807, 2.05) is 76.9 Å². The lowest BCUT2D eigenvalue weighted by atomic mass is 10.1. The number of hydrogen-bond donors (Lipinski definition) is 1. The molecule has 0 radical (unpaired) electrons. The fourth-order valence-corrected chi connectivity index (χ4v) is 4.08. The summed E-state index contributed by atoms with van der Waals surface area (Å²) in [4.78, 5) is 17.0. The summed E-state index contributed by atoms with van der Waals surface area (Å²) in [6.07, 6.45) is 1.97. The van der Waals surface area contributed by atoms with Gasteiger partial charge in [0, 0.05) is 34.8 Å². The highest BCUT2D eigenvalue weighted by Gasteiger charge is 2.14. The monoisotopic (exact) mass is 466 g/mol. The fraction of sp³-hybridized carbons (Fsp3) is 0.0741. The second-order valence-corrected chi connectivity index (χ2v) is 8.34. The predicted molar refractivity (Wildman–Crippen MR) is 133 cm³/mol. The van der Waals surface area contributed by atoms with Crippen LogP contribution in [0.1, 0.15) is 21.6 Å². The van der Waals surface area contributed by atoms with Crippen LogP contribution in [0.15, 0.2) is 102 Å². The molecule has 0 aliphatic carbocycles. The molecule has 0 saturated heterocycles. The summed E-state index contributed by atoms with van der Waals surface area (Å²) in [7, 11) is 0. The van der Waals surface area contributed by atoms with E-state index in [-0.39, 0.29) is 5.91 Å². The summed E-state index contributed by atoms with van der Waals surface area (Å²) in [6, 6.07) is 27.0. The largest absolute Gasteiger partial charge is 0.487 e. The number of ether oxygens (including phenoxy) is 1. The van der Waals surface area contributed by atoms with E-state index in [2.05, 4.69) is 10.3 Å². The SMILES string of the molecule is O=C(NCc1cn(-c2ccccc2)nc1-c1ccccc1)c1ccc(OCc2cscn2)cc1. The molecule has 0 fully saturated rings. The maximum atomic E-state index is 12.8. The van der Waals surface area contributed by atoms with Gasteiger partial charge in [-0.25, -0.2) is 9.67 Å². The highest BCUT2D eigenvalue weighted by atomic mass is 32.1. The quantitative estimate of drug-likeness (QED) is 0.328. The van der Waals surface area contributed by atoms with E-state index in [1.54, 1.807) is 29.8 Å². The van der Waals surface area contributed by atoms with Gasteiger partial charge < -0.3 is 10.1 Å². The fourth-order valence-electron chi connectivity index (χ4n) is 3.54. The van der Waals surface area contributed by atoms with Gasteiger partial charge in [0.15, 0.2) is 0 Å². The number of amides is 1. The molecule has 2 heterocycles. The van der Waals surface area contributed by atoms with Crippen molar-refractivity contribution in [1.29, 1.82) is 0 Å². The highest BCUT2D eigenvalue weighted by Crippen LogP contribution is 2.24. The number of carbonyl (C=O) groups is 1. The third-order valence-corrected chi connectivity index (χ3v) is 5.92. The second-order valence-electron chi connectivity index (χ2n) is 7.62. The zero-order chi connectivity index (χ0) is 23.2. The van der Waals surface area contributed by atoms with Crippen LogP contribution in [0, 0.1) is 0 Å². The van der Waals surface area contributed by atoms with E-state index < -0.39 is 0 Å². The van der Waals surface area contributed by atoms with Crippen LogP contribution in [0.5, 0.6) is 5.75 Å². The van der Waals surface area contributed by atoms with E-state index >= 15 is 0 Å². The molecule has 34 heavy (non-hydrogen) atoms. The number of thiazole rings is 1. The van der Waals surface area contributed by atoms with Crippen LogP contribution in [0.2, 0.25) is 0 Å². The summed E-state index contributed by atoms with van der Waals surface area (Å²) in [6.45, 7) is 0.765. The lowest BCUT2D eigenvalue weighted by molar-refractivity contribution is 0.0951. The van der Waals surface area contributed by atoms with Gasteiger partial charge in [0.05, 0.1) is 22.6 Å². The standard InChI is InChI=1S/C27H22N4O2S/c32-27(21-11-13-25(14-12-21)33-17-23-18-34-19-29-23)28-15-22-16-31(24-9-5-2-6-10-24)30-26(22)20-7-3-1-4-8-20/h1-14,16,18-19H,15,17H2,(H,28,32). The Hall–Kier alpha value is -4.23. The Kier molecular flexibility index (Phi) is 6.45. The minimum Gasteiger partial charge on any atom is -0.487 e. The maximum absolute atomic E-state index is 12.8. The molecular formula is C27H22N4O2S. The van der Waals surface area contributed by atoms with Crippen LogP contribution in [0.25, 0.3) is 16.9 Å². The Morgan fingerprint density at radius 1 is 0.941 bits per heavy atom. The van der Waals surface area contributed by atoms with Crippen LogP contribution in [0.4, 0.5) is 0 Å². The lowest BCUT2D eigenvalue weighted by Crippen LogP contribution is -2.22. The first-order valence-corrected chi connectivity index (χ1v) is 11.8. The molecule has 0 atom stereocenters. The van der Waals surface area contributed by atoms with Crippen LogP contribution < -0.4 is 10.1 Å². The van der Waals surface area contributed by atoms with Crippen LogP contribution >= 0.6 is 11.3 Å². The van der Waals surface area contributed by atoms with E-state index in [0.29, 0.717) is 24.5 Å². The van der Waals surface area contributed by atoms with Crippen molar-refractivity contribution in [1.82, 2.24) is 20.1 Å². The molecule has 5 aromatic rings. The van der Waals surface area contributed by atoms with Crippen LogP contribution in [-0.2, 0) is 13.2 Å². The van der Waals surface area contributed by atoms with Crippen molar-refractivity contribution in [3.05, 3.63) is 119 Å². The maximum Gasteiger partial charge on any atom is 0.251 e. The van der Waals surface area contributed by atoms with E-state index in [4.69, 9.17) is 9.84 Å². The number of aromatic nitrogens is 3. The molecule has 1 amide bonds. The summed E-state index contributed by atoms with van der Waals surface area (Å²) >= 11 is 1.53. The van der Waals surface area contributed by atoms with Crippen molar-refractivity contribution in [2.75, 3.05) is 0 Å². The van der Waals surface area contributed by atoms with Crippen molar-refractivity contribution in [3.8, 4) is 22.7 Å². The van der Waals surface area contributed by atoms with Gasteiger partial charge in [-0.2, -0.15) is 5.10 Å². The number of carbonyl (C=O) groups excluding carboxylic acids is 1. The van der Waals surface area contributed by atoms with Crippen molar-refractivity contribution < 1.29 is 9.53 Å².